The second-order valence-corrected chi connectivity index (χ2v) is 3.63. The number of carbonyl (C=O) groups is 3. The molecule has 0 unspecified atom stereocenters. The number of benzene rings is 1. The van der Waals surface area contributed by atoms with Gasteiger partial charge in [0.2, 0.25) is 0 Å². The Labute approximate surface area is 109 Å². The van der Waals surface area contributed by atoms with Crippen molar-refractivity contribution in [3.8, 4) is 5.75 Å². The Morgan fingerprint density at radius 3 is 2.58 bits per heavy atom. The van der Waals surface area contributed by atoms with E-state index in [2.05, 4.69) is 4.74 Å². The Morgan fingerprint density at radius 1 is 1.32 bits per heavy atom. The first kappa shape index (κ1) is 14.5. The number of urea groups is 1. The molecule has 19 heavy (non-hydrogen) atoms. The van der Waals surface area contributed by atoms with Gasteiger partial charge in [-0.05, 0) is 25.1 Å². The minimum Gasteiger partial charge on any atom is -0.481 e. The highest BCUT2D eigenvalue weighted by Crippen LogP contribution is 2.15. The van der Waals surface area contributed by atoms with Crippen molar-refractivity contribution in [2.24, 2.45) is 5.73 Å². The number of esters is 1. The van der Waals surface area contributed by atoms with E-state index < -0.39 is 24.0 Å². The van der Waals surface area contributed by atoms with Gasteiger partial charge in [-0.3, -0.25) is 10.1 Å². The maximum atomic E-state index is 11.4. The summed E-state index contributed by atoms with van der Waals surface area (Å²) < 4.78 is 9.85. The molecule has 1 aromatic rings. The van der Waals surface area contributed by atoms with E-state index in [1.165, 1.54) is 20.1 Å². The predicted octanol–water partition coefficient (Wildman–Crippen LogP) is 0.435. The molecule has 1 rings (SSSR count). The first-order chi connectivity index (χ1) is 8.93. The van der Waals surface area contributed by atoms with Crippen LogP contribution in [-0.4, -0.2) is 31.1 Å². The van der Waals surface area contributed by atoms with Crippen LogP contribution >= 0.6 is 0 Å². The van der Waals surface area contributed by atoms with Gasteiger partial charge in [-0.1, -0.05) is 6.07 Å². The molecule has 0 heterocycles. The molecular formula is C12H14N2O5. The van der Waals surface area contributed by atoms with Gasteiger partial charge in [0.25, 0.3) is 5.91 Å². The lowest BCUT2D eigenvalue weighted by molar-refractivity contribution is -0.126. The van der Waals surface area contributed by atoms with Gasteiger partial charge in [-0.25, -0.2) is 9.59 Å². The molecule has 3 N–H and O–H groups in total. The van der Waals surface area contributed by atoms with E-state index in [0.29, 0.717) is 11.3 Å². The van der Waals surface area contributed by atoms with Crippen molar-refractivity contribution in [2.45, 2.75) is 13.0 Å². The number of ether oxygens (including phenoxy) is 2. The summed E-state index contributed by atoms with van der Waals surface area (Å²) in [5.74, 6) is -0.884. The zero-order chi connectivity index (χ0) is 14.4. The molecule has 7 heteroatoms. The highest BCUT2D eigenvalue weighted by Gasteiger charge is 2.16. The zero-order valence-corrected chi connectivity index (χ0v) is 10.5. The summed E-state index contributed by atoms with van der Waals surface area (Å²) >= 11 is 0. The fourth-order valence-corrected chi connectivity index (χ4v) is 1.29. The van der Waals surface area contributed by atoms with Crippen molar-refractivity contribution in [3.05, 3.63) is 29.8 Å². The molecule has 0 bridgehead atoms. The van der Waals surface area contributed by atoms with Crippen molar-refractivity contribution in [2.75, 3.05) is 7.11 Å². The maximum absolute atomic E-state index is 11.4. The minimum absolute atomic E-state index is 0.294. The molecular weight excluding hydrogens is 252 g/mol. The Hall–Kier alpha value is -2.57. The number of imide groups is 1. The number of primary amides is 1. The summed E-state index contributed by atoms with van der Waals surface area (Å²) in [6.45, 7) is 1.45. The molecule has 0 aromatic heterocycles. The Balaban J connectivity index is 2.74. The van der Waals surface area contributed by atoms with E-state index in [-0.39, 0.29) is 0 Å². The third-order valence-electron chi connectivity index (χ3n) is 2.18. The number of methoxy groups -OCH3 is 1. The SMILES string of the molecule is COC(=O)c1cccc(O[C@@H](C)C(=O)NC(N)=O)c1. The van der Waals surface area contributed by atoms with Crippen LogP contribution in [0.15, 0.2) is 24.3 Å². The molecule has 0 aliphatic heterocycles. The van der Waals surface area contributed by atoms with Crippen LogP contribution in [0, 0.1) is 0 Å². The van der Waals surface area contributed by atoms with Crippen LogP contribution in [0.25, 0.3) is 0 Å². The van der Waals surface area contributed by atoms with Gasteiger partial charge in [-0.2, -0.15) is 0 Å². The quantitative estimate of drug-likeness (QED) is 0.768. The molecule has 102 valence electrons. The van der Waals surface area contributed by atoms with Crippen LogP contribution in [0.4, 0.5) is 4.79 Å². The monoisotopic (exact) mass is 266 g/mol. The number of amides is 3. The standard InChI is InChI=1S/C12H14N2O5/c1-7(10(15)14-12(13)17)19-9-5-3-4-8(6-9)11(16)18-2/h3-7H,1-2H3,(H3,13,14,15,17)/t7-/m0/s1. The number of hydrogen-bond donors (Lipinski definition) is 2. The lowest BCUT2D eigenvalue weighted by Crippen LogP contribution is -2.42. The molecule has 0 radical (unpaired) electrons. The third kappa shape index (κ3) is 4.30. The van der Waals surface area contributed by atoms with E-state index in [1.807, 2.05) is 5.32 Å². The first-order valence-electron chi connectivity index (χ1n) is 5.39. The molecule has 0 saturated carbocycles. The highest BCUT2D eigenvalue weighted by molar-refractivity contribution is 5.95. The topological polar surface area (TPSA) is 108 Å². The lowest BCUT2D eigenvalue weighted by atomic mass is 10.2. The number of hydrogen-bond acceptors (Lipinski definition) is 5. The molecule has 1 aromatic carbocycles. The van der Waals surface area contributed by atoms with Crippen LogP contribution in [0.1, 0.15) is 17.3 Å². The molecule has 1 atom stereocenters. The van der Waals surface area contributed by atoms with Crippen molar-refractivity contribution in [3.63, 3.8) is 0 Å². The minimum atomic E-state index is -0.955. The second-order valence-electron chi connectivity index (χ2n) is 3.63. The summed E-state index contributed by atoms with van der Waals surface area (Å²) in [6.07, 6.45) is -0.930. The smallest absolute Gasteiger partial charge is 0.337 e. The van der Waals surface area contributed by atoms with Gasteiger partial charge in [0.1, 0.15) is 5.75 Å². The number of carbonyl (C=O) groups excluding carboxylic acids is 3. The summed E-state index contributed by atoms with van der Waals surface area (Å²) in [6, 6.07) is 5.18. The van der Waals surface area contributed by atoms with Gasteiger partial charge in [-0.15, -0.1) is 0 Å². The number of rotatable bonds is 4. The van der Waals surface area contributed by atoms with E-state index in [9.17, 15) is 14.4 Å². The van der Waals surface area contributed by atoms with E-state index in [0.717, 1.165) is 0 Å². The summed E-state index contributed by atoms with van der Waals surface area (Å²) in [7, 11) is 1.26. The molecule has 7 nitrogen and oxygen atoms in total. The fraction of sp³-hybridized carbons (Fsp3) is 0.250. The van der Waals surface area contributed by atoms with Gasteiger partial charge in [0, 0.05) is 0 Å². The number of nitrogens with one attached hydrogen (secondary N) is 1. The first-order valence-corrected chi connectivity index (χ1v) is 5.39. The Bertz CT molecular complexity index is 501. The molecule has 0 spiro atoms. The van der Waals surface area contributed by atoms with Gasteiger partial charge in [0.15, 0.2) is 6.10 Å². The predicted molar refractivity (Wildman–Crippen MR) is 65.6 cm³/mol. The summed E-state index contributed by atoms with van der Waals surface area (Å²) in [5.41, 5.74) is 5.11. The van der Waals surface area contributed by atoms with Gasteiger partial charge in [0.05, 0.1) is 12.7 Å². The van der Waals surface area contributed by atoms with Crippen LogP contribution in [0.2, 0.25) is 0 Å². The molecule has 0 aliphatic carbocycles. The Morgan fingerprint density at radius 2 is 2.00 bits per heavy atom. The van der Waals surface area contributed by atoms with E-state index >= 15 is 0 Å². The van der Waals surface area contributed by atoms with Crippen LogP contribution in [-0.2, 0) is 9.53 Å². The molecule has 0 aliphatic rings. The van der Waals surface area contributed by atoms with Crippen molar-refractivity contribution in [1.82, 2.24) is 5.32 Å². The second kappa shape index (κ2) is 6.39. The summed E-state index contributed by atoms with van der Waals surface area (Å²) in [5, 5.41) is 1.89. The van der Waals surface area contributed by atoms with E-state index in [4.69, 9.17) is 10.5 Å². The maximum Gasteiger partial charge on any atom is 0.337 e. The molecule has 3 amide bonds. The highest BCUT2D eigenvalue weighted by atomic mass is 16.5. The van der Waals surface area contributed by atoms with Gasteiger partial charge >= 0.3 is 12.0 Å². The summed E-state index contributed by atoms with van der Waals surface area (Å²) in [4.78, 5) is 33.2. The third-order valence-corrected chi connectivity index (χ3v) is 2.18. The van der Waals surface area contributed by atoms with Crippen molar-refractivity contribution >= 4 is 17.9 Å². The molecule has 0 saturated heterocycles. The van der Waals surface area contributed by atoms with Crippen molar-refractivity contribution < 1.29 is 23.9 Å². The normalized spacial score (nSPS) is 11.3. The van der Waals surface area contributed by atoms with Crippen molar-refractivity contribution in [1.29, 1.82) is 0 Å². The molecule has 0 fully saturated rings. The van der Waals surface area contributed by atoms with Gasteiger partial charge < -0.3 is 15.2 Å². The largest absolute Gasteiger partial charge is 0.481 e. The van der Waals surface area contributed by atoms with Crippen LogP contribution in [0.5, 0.6) is 5.75 Å². The van der Waals surface area contributed by atoms with Crippen LogP contribution in [0.3, 0.4) is 0 Å². The lowest BCUT2D eigenvalue weighted by Gasteiger charge is -2.13. The number of nitrogens with two attached hydrogens (primary N) is 1. The van der Waals surface area contributed by atoms with Crippen LogP contribution < -0.4 is 15.8 Å². The van der Waals surface area contributed by atoms with E-state index in [1.54, 1.807) is 18.2 Å². The fourth-order valence-electron chi connectivity index (χ4n) is 1.29. The zero-order valence-electron chi connectivity index (χ0n) is 10.5. The average molecular weight is 266 g/mol. The average Bonchev–Trinajstić information content (AvgIpc) is 2.37. The Kier molecular flexibility index (Phi) is 4.87.